The number of hydrogen-bond donors (Lipinski definition) is 1. The molecule has 0 fully saturated rings. The van der Waals surface area contributed by atoms with Crippen LogP contribution in [0.3, 0.4) is 0 Å². The van der Waals surface area contributed by atoms with Crippen molar-refractivity contribution in [3.05, 3.63) is 53.9 Å². The lowest BCUT2D eigenvalue weighted by Crippen LogP contribution is -2.05. The van der Waals surface area contributed by atoms with Crippen LogP contribution in [-0.4, -0.2) is 22.5 Å². The largest absolute Gasteiger partial charge is 0.504 e. The van der Waals surface area contributed by atoms with Crippen molar-refractivity contribution in [1.29, 1.82) is 0 Å². The number of nitrogens with zero attached hydrogens (tertiary/aromatic N) is 1. The average Bonchev–Trinajstić information content (AvgIpc) is 2.41. The summed E-state index contributed by atoms with van der Waals surface area (Å²) < 4.78 is 28.4. The molecule has 0 saturated heterocycles. The van der Waals surface area contributed by atoms with Crippen molar-refractivity contribution in [2.75, 3.05) is 0 Å². The molecule has 6 heteroatoms. The third kappa shape index (κ3) is 3.04. The first-order chi connectivity index (χ1) is 9.08. The molecular weight excluding hydrogens is 256 g/mol. The zero-order chi connectivity index (χ0) is 13.8. The summed E-state index contributed by atoms with van der Waals surface area (Å²) in [4.78, 5) is 15.8. The number of ketones is 1. The molecule has 0 atom stereocenters. The molecule has 0 spiro atoms. The highest BCUT2D eigenvalue weighted by Crippen LogP contribution is 2.29. The summed E-state index contributed by atoms with van der Waals surface area (Å²) in [6.45, 7) is -3.07. The summed E-state index contributed by atoms with van der Waals surface area (Å²) in [6, 6.07) is 6.54. The molecule has 0 saturated carbocycles. The van der Waals surface area contributed by atoms with E-state index in [1.807, 2.05) is 0 Å². The first kappa shape index (κ1) is 12.9. The Morgan fingerprint density at radius 3 is 2.47 bits per heavy atom. The first-order valence-electron chi connectivity index (χ1n) is 5.30. The molecule has 4 nitrogen and oxygen atoms in total. The SMILES string of the molecule is O=C(c1ccncc1)c1ccc(O)c(OC(F)F)c1. The lowest BCUT2D eigenvalue weighted by atomic mass is 10.0. The lowest BCUT2D eigenvalue weighted by Gasteiger charge is -2.08. The summed E-state index contributed by atoms with van der Waals surface area (Å²) in [5, 5.41) is 9.36. The van der Waals surface area contributed by atoms with Crippen molar-refractivity contribution in [2.24, 2.45) is 0 Å². The fourth-order valence-corrected chi connectivity index (χ4v) is 1.52. The molecule has 0 aliphatic carbocycles. The summed E-state index contributed by atoms with van der Waals surface area (Å²) in [6.07, 6.45) is 2.90. The molecule has 0 amide bonds. The molecular formula is C13H9F2NO3. The number of ether oxygens (including phenoxy) is 1. The highest BCUT2D eigenvalue weighted by Gasteiger charge is 2.14. The Bertz CT molecular complexity index is 588. The van der Waals surface area contributed by atoms with Crippen LogP contribution >= 0.6 is 0 Å². The number of carbonyl (C=O) groups is 1. The predicted molar refractivity (Wildman–Crippen MR) is 62.4 cm³/mol. The number of rotatable bonds is 4. The van der Waals surface area contributed by atoms with Gasteiger partial charge in [0.15, 0.2) is 17.3 Å². The summed E-state index contributed by atoms with van der Waals surface area (Å²) in [7, 11) is 0. The molecule has 0 aliphatic rings. The van der Waals surface area contributed by atoms with Crippen LogP contribution in [0, 0.1) is 0 Å². The number of phenols is 1. The highest BCUT2D eigenvalue weighted by molar-refractivity contribution is 6.09. The second-order valence-corrected chi connectivity index (χ2v) is 3.63. The summed E-state index contributed by atoms with van der Waals surface area (Å²) in [5.41, 5.74) is 0.503. The Morgan fingerprint density at radius 1 is 1.16 bits per heavy atom. The number of phenolic OH excluding ortho intramolecular Hbond substituents is 1. The predicted octanol–water partition coefficient (Wildman–Crippen LogP) is 2.62. The van der Waals surface area contributed by atoms with E-state index < -0.39 is 18.1 Å². The molecule has 0 unspecified atom stereocenters. The molecule has 0 aliphatic heterocycles. The number of aromatic hydroxyl groups is 1. The zero-order valence-corrected chi connectivity index (χ0v) is 9.59. The van der Waals surface area contributed by atoms with Gasteiger partial charge >= 0.3 is 6.61 Å². The third-order valence-electron chi connectivity index (χ3n) is 2.38. The Kier molecular flexibility index (Phi) is 3.70. The third-order valence-corrected chi connectivity index (χ3v) is 2.38. The standard InChI is InChI=1S/C13H9F2NO3/c14-13(15)19-11-7-9(1-2-10(11)17)12(18)8-3-5-16-6-4-8/h1-7,13,17H. The highest BCUT2D eigenvalue weighted by atomic mass is 19.3. The van der Waals surface area contributed by atoms with Crippen molar-refractivity contribution in [1.82, 2.24) is 4.98 Å². The number of hydrogen-bond acceptors (Lipinski definition) is 4. The second kappa shape index (κ2) is 5.43. The van der Waals surface area contributed by atoms with Gasteiger partial charge in [-0.25, -0.2) is 0 Å². The summed E-state index contributed by atoms with van der Waals surface area (Å²) >= 11 is 0. The fourth-order valence-electron chi connectivity index (χ4n) is 1.52. The number of benzene rings is 1. The van der Waals surface area contributed by atoms with Crippen LogP contribution in [0.2, 0.25) is 0 Å². The summed E-state index contributed by atoms with van der Waals surface area (Å²) in [5.74, 6) is -1.26. The van der Waals surface area contributed by atoms with Gasteiger partial charge in [0, 0.05) is 23.5 Å². The number of aromatic nitrogens is 1. The Morgan fingerprint density at radius 2 is 1.84 bits per heavy atom. The molecule has 0 radical (unpaired) electrons. The Hall–Kier alpha value is -2.50. The molecule has 19 heavy (non-hydrogen) atoms. The van der Waals surface area contributed by atoms with Gasteiger partial charge in [-0.3, -0.25) is 9.78 Å². The topological polar surface area (TPSA) is 59.4 Å². The minimum atomic E-state index is -3.07. The van der Waals surface area contributed by atoms with Gasteiger partial charge in [-0.05, 0) is 30.3 Å². The first-order valence-corrected chi connectivity index (χ1v) is 5.30. The van der Waals surface area contributed by atoms with E-state index in [0.717, 1.165) is 12.1 Å². The van der Waals surface area contributed by atoms with Gasteiger partial charge in [0.05, 0.1) is 0 Å². The van der Waals surface area contributed by atoms with E-state index in [-0.39, 0.29) is 11.3 Å². The van der Waals surface area contributed by atoms with Crippen molar-refractivity contribution in [2.45, 2.75) is 6.61 Å². The van der Waals surface area contributed by atoms with Crippen LogP contribution < -0.4 is 4.74 Å². The maximum Gasteiger partial charge on any atom is 0.387 e. The number of alkyl halides is 2. The van der Waals surface area contributed by atoms with E-state index in [2.05, 4.69) is 9.72 Å². The zero-order valence-electron chi connectivity index (χ0n) is 9.59. The van der Waals surface area contributed by atoms with Gasteiger partial charge in [-0.15, -0.1) is 0 Å². The Balaban J connectivity index is 2.33. The van der Waals surface area contributed by atoms with Gasteiger partial charge in [-0.1, -0.05) is 0 Å². The molecule has 1 N–H and O–H groups in total. The minimum absolute atomic E-state index is 0.139. The molecule has 98 valence electrons. The van der Waals surface area contributed by atoms with E-state index in [4.69, 9.17) is 0 Å². The second-order valence-electron chi connectivity index (χ2n) is 3.63. The van der Waals surface area contributed by atoms with Crippen molar-refractivity contribution in [3.8, 4) is 11.5 Å². The van der Waals surface area contributed by atoms with Gasteiger partial charge in [-0.2, -0.15) is 8.78 Å². The van der Waals surface area contributed by atoms with Gasteiger partial charge in [0.2, 0.25) is 0 Å². The van der Waals surface area contributed by atoms with E-state index in [1.165, 1.54) is 30.6 Å². The quantitative estimate of drug-likeness (QED) is 0.863. The van der Waals surface area contributed by atoms with Crippen molar-refractivity contribution in [3.63, 3.8) is 0 Å². The van der Waals surface area contributed by atoms with E-state index in [0.29, 0.717) is 5.56 Å². The molecule has 1 aromatic heterocycles. The Labute approximate surface area is 107 Å². The number of pyridine rings is 1. The lowest BCUT2D eigenvalue weighted by molar-refractivity contribution is -0.0512. The van der Waals surface area contributed by atoms with E-state index in [1.54, 1.807) is 0 Å². The maximum atomic E-state index is 12.1. The maximum absolute atomic E-state index is 12.1. The van der Waals surface area contributed by atoms with Crippen LogP contribution in [0.15, 0.2) is 42.7 Å². The van der Waals surface area contributed by atoms with Gasteiger partial charge in [0.25, 0.3) is 0 Å². The van der Waals surface area contributed by atoms with Crippen molar-refractivity contribution < 1.29 is 23.4 Å². The smallest absolute Gasteiger partial charge is 0.387 e. The monoisotopic (exact) mass is 265 g/mol. The molecule has 1 heterocycles. The van der Waals surface area contributed by atoms with Gasteiger partial charge in [0.1, 0.15) is 0 Å². The molecule has 1 aromatic carbocycles. The van der Waals surface area contributed by atoms with Crippen LogP contribution in [-0.2, 0) is 0 Å². The minimum Gasteiger partial charge on any atom is -0.504 e. The number of halogens is 2. The number of carbonyl (C=O) groups excluding carboxylic acids is 1. The van der Waals surface area contributed by atoms with Crippen LogP contribution in [0.1, 0.15) is 15.9 Å². The van der Waals surface area contributed by atoms with Crippen molar-refractivity contribution >= 4 is 5.78 Å². The average molecular weight is 265 g/mol. The van der Waals surface area contributed by atoms with E-state index >= 15 is 0 Å². The van der Waals surface area contributed by atoms with Crippen LogP contribution in [0.25, 0.3) is 0 Å². The van der Waals surface area contributed by atoms with Crippen LogP contribution in [0.5, 0.6) is 11.5 Å². The molecule has 2 aromatic rings. The van der Waals surface area contributed by atoms with Crippen LogP contribution in [0.4, 0.5) is 8.78 Å². The van der Waals surface area contributed by atoms with E-state index in [9.17, 15) is 18.7 Å². The molecule has 0 bridgehead atoms. The fraction of sp³-hybridized carbons (Fsp3) is 0.0769. The van der Waals surface area contributed by atoms with Gasteiger partial charge < -0.3 is 9.84 Å². The molecule has 2 rings (SSSR count). The normalized spacial score (nSPS) is 10.5.